The van der Waals surface area contributed by atoms with E-state index >= 15 is 0 Å². The van der Waals surface area contributed by atoms with Crippen molar-refractivity contribution in [3.05, 3.63) is 0 Å². The molecule has 0 spiro atoms. The standard InChI is InChI=1S/C6H7F3O3.H3N/c1-2-12-5(11)6(8,9)4(10)3-7;/h2-3H2,1H3;1H3. The lowest BCUT2D eigenvalue weighted by molar-refractivity contribution is -0.176. The maximum absolute atomic E-state index is 12.3. The van der Waals surface area contributed by atoms with E-state index in [2.05, 4.69) is 4.74 Å². The molecule has 0 aliphatic rings. The molecule has 7 heteroatoms. The van der Waals surface area contributed by atoms with Crippen LogP contribution in [0.1, 0.15) is 6.92 Å². The first-order valence-electron chi connectivity index (χ1n) is 3.11. The number of rotatable bonds is 4. The zero-order valence-corrected chi connectivity index (χ0v) is 6.98. The summed E-state index contributed by atoms with van der Waals surface area (Å²) >= 11 is 0. The molecule has 13 heavy (non-hydrogen) atoms. The van der Waals surface area contributed by atoms with E-state index in [0.717, 1.165) is 0 Å². The maximum atomic E-state index is 12.3. The summed E-state index contributed by atoms with van der Waals surface area (Å²) in [6.07, 6.45) is 0. The third-order valence-corrected chi connectivity index (χ3v) is 1.00. The van der Waals surface area contributed by atoms with E-state index < -0.39 is 24.3 Å². The van der Waals surface area contributed by atoms with E-state index in [-0.39, 0.29) is 12.8 Å². The van der Waals surface area contributed by atoms with Gasteiger partial charge in [0, 0.05) is 0 Å². The quantitative estimate of drug-likeness (QED) is 0.541. The Labute approximate surface area is 72.6 Å². The molecule has 0 amide bonds. The zero-order chi connectivity index (χ0) is 9.78. The summed E-state index contributed by atoms with van der Waals surface area (Å²) in [4.78, 5) is 20.4. The molecule has 0 aliphatic carbocycles. The van der Waals surface area contributed by atoms with Gasteiger partial charge < -0.3 is 10.9 Å². The molecular weight excluding hydrogens is 191 g/mol. The minimum absolute atomic E-state index is 0. The summed E-state index contributed by atoms with van der Waals surface area (Å²) in [5.74, 6) is -8.45. The first-order chi connectivity index (χ1) is 5.46. The van der Waals surface area contributed by atoms with Crippen molar-refractivity contribution in [3.63, 3.8) is 0 Å². The third-order valence-electron chi connectivity index (χ3n) is 1.00. The highest BCUT2D eigenvalue weighted by Crippen LogP contribution is 2.16. The van der Waals surface area contributed by atoms with Gasteiger partial charge in [0.05, 0.1) is 6.61 Å². The van der Waals surface area contributed by atoms with Crippen molar-refractivity contribution in [1.29, 1.82) is 0 Å². The number of ketones is 1. The molecule has 0 aromatic rings. The number of alkyl halides is 3. The molecule has 78 valence electrons. The van der Waals surface area contributed by atoms with E-state index in [0.29, 0.717) is 0 Å². The van der Waals surface area contributed by atoms with Gasteiger partial charge in [-0.3, -0.25) is 4.79 Å². The Morgan fingerprint density at radius 3 is 2.15 bits per heavy atom. The Morgan fingerprint density at radius 2 is 1.85 bits per heavy atom. The van der Waals surface area contributed by atoms with Gasteiger partial charge >= 0.3 is 11.9 Å². The van der Waals surface area contributed by atoms with E-state index in [1.54, 1.807) is 0 Å². The third kappa shape index (κ3) is 3.41. The smallest absolute Gasteiger partial charge is 0.402 e. The number of hydrogen-bond acceptors (Lipinski definition) is 4. The molecule has 0 aromatic heterocycles. The summed E-state index contributed by atoms with van der Waals surface area (Å²) in [5, 5.41) is 0. The average molecular weight is 201 g/mol. The number of hydrogen-bond donors (Lipinski definition) is 1. The Balaban J connectivity index is 0. The number of ether oxygens (including phenoxy) is 1. The Bertz CT molecular complexity index is 196. The van der Waals surface area contributed by atoms with Crippen molar-refractivity contribution in [2.24, 2.45) is 0 Å². The second kappa shape index (κ2) is 5.52. The van der Waals surface area contributed by atoms with Gasteiger partial charge in [-0.05, 0) is 6.92 Å². The van der Waals surface area contributed by atoms with Crippen LogP contribution in [-0.4, -0.2) is 31.0 Å². The molecule has 0 bridgehead atoms. The van der Waals surface area contributed by atoms with Crippen LogP contribution in [0.5, 0.6) is 0 Å². The number of halogens is 3. The Hall–Kier alpha value is -1.11. The lowest BCUT2D eigenvalue weighted by Crippen LogP contribution is -2.40. The highest BCUT2D eigenvalue weighted by atomic mass is 19.3. The van der Waals surface area contributed by atoms with Crippen LogP contribution in [0.25, 0.3) is 0 Å². The molecule has 3 N–H and O–H groups in total. The highest BCUT2D eigenvalue weighted by Gasteiger charge is 2.48. The fraction of sp³-hybridized carbons (Fsp3) is 0.667. The van der Waals surface area contributed by atoms with Crippen LogP contribution in [0.15, 0.2) is 0 Å². The second-order valence-electron chi connectivity index (χ2n) is 1.85. The second-order valence-corrected chi connectivity index (χ2v) is 1.85. The van der Waals surface area contributed by atoms with Gasteiger partial charge in [-0.25, -0.2) is 9.18 Å². The predicted molar refractivity (Wildman–Crippen MR) is 37.6 cm³/mol. The van der Waals surface area contributed by atoms with Crippen LogP contribution in [0, 0.1) is 0 Å². The van der Waals surface area contributed by atoms with Gasteiger partial charge in [0.25, 0.3) is 0 Å². The molecule has 0 fully saturated rings. The predicted octanol–water partition coefficient (Wildman–Crippen LogP) is 0.885. The lowest BCUT2D eigenvalue weighted by atomic mass is 10.2. The first-order valence-corrected chi connectivity index (χ1v) is 3.11. The summed E-state index contributed by atoms with van der Waals surface area (Å²) in [7, 11) is 0. The first kappa shape index (κ1) is 14.4. The van der Waals surface area contributed by atoms with Crippen LogP contribution in [0.3, 0.4) is 0 Å². The van der Waals surface area contributed by atoms with Crippen LogP contribution in [0.2, 0.25) is 0 Å². The van der Waals surface area contributed by atoms with Crippen molar-refractivity contribution in [2.45, 2.75) is 12.8 Å². The number of carbonyl (C=O) groups excluding carboxylic acids is 2. The van der Waals surface area contributed by atoms with Crippen molar-refractivity contribution < 1.29 is 27.5 Å². The molecule has 0 radical (unpaired) electrons. The van der Waals surface area contributed by atoms with E-state index in [1.165, 1.54) is 6.92 Å². The minimum Gasteiger partial charge on any atom is -0.461 e. The van der Waals surface area contributed by atoms with Gasteiger partial charge in [0.1, 0.15) is 0 Å². The number of carbonyl (C=O) groups is 2. The molecule has 0 saturated carbocycles. The van der Waals surface area contributed by atoms with Crippen LogP contribution in [0.4, 0.5) is 13.2 Å². The Morgan fingerprint density at radius 1 is 1.38 bits per heavy atom. The van der Waals surface area contributed by atoms with E-state index in [4.69, 9.17) is 0 Å². The molecular formula is C6H10F3NO3. The minimum atomic E-state index is -4.36. The van der Waals surface area contributed by atoms with Gasteiger partial charge in [-0.1, -0.05) is 0 Å². The van der Waals surface area contributed by atoms with E-state index in [9.17, 15) is 22.8 Å². The van der Waals surface area contributed by atoms with E-state index in [1.807, 2.05) is 0 Å². The van der Waals surface area contributed by atoms with Crippen molar-refractivity contribution in [2.75, 3.05) is 13.3 Å². The molecule has 0 saturated heterocycles. The largest absolute Gasteiger partial charge is 0.461 e. The summed E-state index contributed by atoms with van der Waals surface area (Å²) < 4.78 is 40.0. The fourth-order valence-corrected chi connectivity index (χ4v) is 0.419. The monoisotopic (exact) mass is 201 g/mol. The summed E-state index contributed by atoms with van der Waals surface area (Å²) in [5.41, 5.74) is 0. The van der Waals surface area contributed by atoms with Gasteiger partial charge in [0.2, 0.25) is 5.78 Å². The molecule has 0 heterocycles. The SMILES string of the molecule is CCOC(=O)C(F)(F)C(=O)CF.N. The fourth-order valence-electron chi connectivity index (χ4n) is 0.419. The topological polar surface area (TPSA) is 78.4 Å². The zero-order valence-electron chi connectivity index (χ0n) is 6.98. The molecule has 0 unspecified atom stereocenters. The molecule has 0 aliphatic heterocycles. The van der Waals surface area contributed by atoms with Crippen LogP contribution < -0.4 is 6.15 Å². The maximum Gasteiger partial charge on any atom is 0.402 e. The summed E-state index contributed by atoms with van der Waals surface area (Å²) in [6.45, 7) is -0.867. The Kier molecular flexibility index (Phi) is 6.12. The number of Topliss-reactive ketones (excluding diaryl/α,β-unsaturated/α-hetero) is 1. The molecule has 4 nitrogen and oxygen atoms in total. The average Bonchev–Trinajstić information content (AvgIpc) is 2.03. The van der Waals surface area contributed by atoms with Gasteiger partial charge in [0.15, 0.2) is 6.67 Å². The molecule has 0 aromatic carbocycles. The van der Waals surface area contributed by atoms with Crippen molar-refractivity contribution in [1.82, 2.24) is 6.15 Å². The van der Waals surface area contributed by atoms with Crippen LogP contribution in [-0.2, 0) is 14.3 Å². The molecule has 0 atom stereocenters. The lowest BCUT2D eigenvalue weighted by Gasteiger charge is -2.10. The van der Waals surface area contributed by atoms with Crippen molar-refractivity contribution >= 4 is 11.8 Å². The normalized spacial score (nSPS) is 10.2. The molecule has 0 rings (SSSR count). The van der Waals surface area contributed by atoms with Gasteiger partial charge in [-0.2, -0.15) is 8.78 Å². The van der Waals surface area contributed by atoms with Crippen LogP contribution >= 0.6 is 0 Å². The van der Waals surface area contributed by atoms with Crippen molar-refractivity contribution in [3.8, 4) is 0 Å². The summed E-state index contributed by atoms with van der Waals surface area (Å²) in [6, 6.07) is 0. The number of esters is 1. The van der Waals surface area contributed by atoms with Gasteiger partial charge in [-0.15, -0.1) is 0 Å². The highest BCUT2D eigenvalue weighted by molar-refractivity contribution is 6.05.